The molecule has 1 fully saturated rings. The Kier molecular flexibility index (Phi) is 5.56. The van der Waals surface area contributed by atoms with Gasteiger partial charge in [-0.05, 0) is 26.3 Å². The zero-order valence-corrected chi connectivity index (χ0v) is 17.8. The number of ether oxygens (including phenoxy) is 1. The lowest BCUT2D eigenvalue weighted by molar-refractivity contribution is 0.0331. The minimum Gasteiger partial charge on any atom is -0.379 e. The lowest BCUT2D eigenvalue weighted by Crippen LogP contribution is -2.36. The summed E-state index contributed by atoms with van der Waals surface area (Å²) in [5.74, 6) is 3.69. The third-order valence-corrected chi connectivity index (χ3v) is 6.47. The van der Waals surface area contributed by atoms with Gasteiger partial charge in [0.2, 0.25) is 0 Å². The highest BCUT2D eigenvalue weighted by molar-refractivity contribution is 7.18. The maximum absolute atomic E-state index is 5.45. The van der Waals surface area contributed by atoms with E-state index in [0.717, 1.165) is 79.3 Å². The van der Waals surface area contributed by atoms with Crippen LogP contribution in [0.4, 0.5) is 5.82 Å². The number of aryl methyl sites for hydroxylation is 3. The predicted octanol–water partition coefficient (Wildman–Crippen LogP) is 2.23. The van der Waals surface area contributed by atoms with Gasteiger partial charge in [0.15, 0.2) is 0 Å². The Bertz CT molecular complexity index is 974. The average Bonchev–Trinajstić information content (AvgIpc) is 3.15. The van der Waals surface area contributed by atoms with Crippen molar-refractivity contribution in [3.8, 4) is 0 Å². The molecule has 3 aromatic heterocycles. The summed E-state index contributed by atoms with van der Waals surface area (Å²) in [4.78, 5) is 14.4. The Morgan fingerprint density at radius 1 is 1.11 bits per heavy atom. The van der Waals surface area contributed by atoms with E-state index in [1.807, 2.05) is 18.5 Å². The molecule has 1 N–H and O–H groups in total. The van der Waals surface area contributed by atoms with E-state index in [4.69, 9.17) is 14.7 Å². The van der Waals surface area contributed by atoms with E-state index in [1.54, 1.807) is 11.3 Å². The first-order chi connectivity index (χ1) is 13.5. The standard InChI is InChI=1S/C19H27N7OS/c1-12-13(2)28-19-17(12)18(20-6-5-16-24-23-14(3)25(16)4)21-15(22-19)11-26-7-9-27-10-8-26/h5-11H2,1-4H3,(H,20,21,22). The maximum atomic E-state index is 5.45. The molecule has 0 aliphatic carbocycles. The number of nitrogens with one attached hydrogen (secondary N) is 1. The first-order valence-corrected chi connectivity index (χ1v) is 10.5. The highest BCUT2D eigenvalue weighted by Gasteiger charge is 2.18. The molecule has 150 valence electrons. The summed E-state index contributed by atoms with van der Waals surface area (Å²) in [7, 11) is 2.00. The van der Waals surface area contributed by atoms with Gasteiger partial charge in [-0.2, -0.15) is 0 Å². The number of fused-ring (bicyclic) bond motifs is 1. The van der Waals surface area contributed by atoms with Crippen molar-refractivity contribution >= 4 is 27.4 Å². The van der Waals surface area contributed by atoms with Gasteiger partial charge in [-0.15, -0.1) is 21.5 Å². The molecule has 0 spiro atoms. The van der Waals surface area contributed by atoms with Crippen molar-refractivity contribution < 1.29 is 4.74 Å². The number of thiophene rings is 1. The van der Waals surface area contributed by atoms with Crippen LogP contribution in [-0.2, 0) is 24.8 Å². The molecule has 0 radical (unpaired) electrons. The fourth-order valence-electron chi connectivity index (χ4n) is 3.41. The van der Waals surface area contributed by atoms with Crippen LogP contribution in [0.2, 0.25) is 0 Å². The number of anilines is 1. The number of rotatable bonds is 6. The van der Waals surface area contributed by atoms with Gasteiger partial charge in [0.1, 0.15) is 28.1 Å². The number of morpholine rings is 1. The monoisotopic (exact) mass is 401 g/mol. The minimum absolute atomic E-state index is 0.753. The van der Waals surface area contributed by atoms with Crippen LogP contribution in [-0.4, -0.2) is 62.5 Å². The molecule has 28 heavy (non-hydrogen) atoms. The molecule has 0 unspecified atom stereocenters. The van der Waals surface area contributed by atoms with Gasteiger partial charge in [-0.1, -0.05) is 0 Å². The highest BCUT2D eigenvalue weighted by Crippen LogP contribution is 2.33. The van der Waals surface area contributed by atoms with Crippen molar-refractivity contribution in [3.05, 3.63) is 27.9 Å². The fraction of sp³-hybridized carbons (Fsp3) is 0.579. The number of nitrogens with zero attached hydrogens (tertiary/aromatic N) is 6. The molecule has 1 saturated heterocycles. The van der Waals surface area contributed by atoms with Crippen molar-refractivity contribution in [2.45, 2.75) is 33.7 Å². The summed E-state index contributed by atoms with van der Waals surface area (Å²) < 4.78 is 7.48. The van der Waals surface area contributed by atoms with E-state index >= 15 is 0 Å². The molecule has 0 aromatic carbocycles. The van der Waals surface area contributed by atoms with Gasteiger partial charge < -0.3 is 14.6 Å². The number of hydrogen-bond donors (Lipinski definition) is 1. The van der Waals surface area contributed by atoms with Crippen LogP contribution in [0, 0.1) is 20.8 Å². The van der Waals surface area contributed by atoms with E-state index in [1.165, 1.54) is 10.4 Å². The summed E-state index contributed by atoms with van der Waals surface area (Å²) in [5, 5.41) is 13.1. The molecule has 9 heteroatoms. The summed E-state index contributed by atoms with van der Waals surface area (Å²) in [6.45, 7) is 11.2. The average molecular weight is 402 g/mol. The van der Waals surface area contributed by atoms with E-state index in [2.05, 4.69) is 34.3 Å². The minimum atomic E-state index is 0.753. The van der Waals surface area contributed by atoms with Crippen molar-refractivity contribution in [2.24, 2.45) is 7.05 Å². The first kappa shape index (κ1) is 19.2. The van der Waals surface area contributed by atoms with E-state index in [9.17, 15) is 0 Å². The van der Waals surface area contributed by atoms with Crippen LogP contribution in [0.5, 0.6) is 0 Å². The predicted molar refractivity (Wildman–Crippen MR) is 111 cm³/mol. The topological polar surface area (TPSA) is 81.0 Å². The quantitative estimate of drug-likeness (QED) is 0.678. The molecule has 0 amide bonds. The fourth-order valence-corrected chi connectivity index (χ4v) is 4.46. The van der Waals surface area contributed by atoms with Gasteiger partial charge in [-0.25, -0.2) is 9.97 Å². The molecule has 4 heterocycles. The molecule has 4 rings (SSSR count). The third-order valence-electron chi connectivity index (χ3n) is 5.37. The summed E-state index contributed by atoms with van der Waals surface area (Å²) in [5.41, 5.74) is 1.26. The van der Waals surface area contributed by atoms with Crippen LogP contribution in [0.3, 0.4) is 0 Å². The van der Waals surface area contributed by atoms with Crippen molar-refractivity contribution in [1.82, 2.24) is 29.6 Å². The van der Waals surface area contributed by atoms with Crippen molar-refractivity contribution in [1.29, 1.82) is 0 Å². The van der Waals surface area contributed by atoms with Crippen molar-refractivity contribution in [2.75, 3.05) is 38.2 Å². The van der Waals surface area contributed by atoms with Crippen LogP contribution in [0.25, 0.3) is 10.2 Å². The highest BCUT2D eigenvalue weighted by atomic mass is 32.1. The molecule has 0 atom stereocenters. The first-order valence-electron chi connectivity index (χ1n) is 9.68. The van der Waals surface area contributed by atoms with Crippen molar-refractivity contribution in [3.63, 3.8) is 0 Å². The van der Waals surface area contributed by atoms with Gasteiger partial charge >= 0.3 is 0 Å². The van der Waals surface area contributed by atoms with Gasteiger partial charge in [0.25, 0.3) is 0 Å². The van der Waals surface area contributed by atoms with E-state index in [-0.39, 0.29) is 0 Å². The largest absolute Gasteiger partial charge is 0.379 e. The molecule has 1 aliphatic heterocycles. The third kappa shape index (κ3) is 3.87. The Balaban J connectivity index is 1.56. The molecular formula is C19H27N7OS. The SMILES string of the molecule is Cc1sc2nc(CN3CCOCC3)nc(NCCc3nnc(C)n3C)c2c1C. The van der Waals surface area contributed by atoms with Gasteiger partial charge in [-0.3, -0.25) is 4.90 Å². The maximum Gasteiger partial charge on any atom is 0.146 e. The normalized spacial score (nSPS) is 15.4. The second-order valence-electron chi connectivity index (χ2n) is 7.24. The van der Waals surface area contributed by atoms with Crippen LogP contribution < -0.4 is 5.32 Å². The second kappa shape index (κ2) is 8.10. The molecular weight excluding hydrogens is 374 g/mol. The van der Waals surface area contributed by atoms with Crippen LogP contribution in [0.15, 0.2) is 0 Å². The molecule has 8 nitrogen and oxygen atoms in total. The van der Waals surface area contributed by atoms with Gasteiger partial charge in [0.05, 0.1) is 25.1 Å². The molecule has 0 bridgehead atoms. The lowest BCUT2D eigenvalue weighted by atomic mass is 10.2. The second-order valence-corrected chi connectivity index (χ2v) is 8.44. The zero-order valence-electron chi connectivity index (χ0n) is 16.9. The number of hydrogen-bond acceptors (Lipinski definition) is 8. The Hall–Kier alpha value is -2.10. The Morgan fingerprint density at radius 3 is 2.61 bits per heavy atom. The molecule has 1 aliphatic rings. The van der Waals surface area contributed by atoms with E-state index < -0.39 is 0 Å². The summed E-state index contributed by atoms with van der Waals surface area (Å²) in [6.07, 6.45) is 0.795. The van der Waals surface area contributed by atoms with Crippen LogP contribution >= 0.6 is 11.3 Å². The van der Waals surface area contributed by atoms with Crippen LogP contribution in [0.1, 0.15) is 27.9 Å². The zero-order chi connectivity index (χ0) is 19.7. The lowest BCUT2D eigenvalue weighted by Gasteiger charge is -2.25. The number of aromatic nitrogens is 5. The summed E-state index contributed by atoms with van der Waals surface area (Å²) in [6, 6.07) is 0. The van der Waals surface area contributed by atoms with Gasteiger partial charge in [0, 0.05) is 38.0 Å². The Morgan fingerprint density at radius 2 is 1.89 bits per heavy atom. The van der Waals surface area contributed by atoms with E-state index in [0.29, 0.717) is 0 Å². The smallest absolute Gasteiger partial charge is 0.146 e. The molecule has 0 saturated carbocycles. The summed E-state index contributed by atoms with van der Waals surface area (Å²) >= 11 is 1.74. The Labute approximate surface area is 169 Å². The molecule has 3 aromatic rings.